The standard InChI is InChI=1S/C16H17NO3/c1-2-6-14-11-15(18)9-10-17(14)16(19)20-12-13-7-4-3-5-8-13/h2-10,14H,11-12H2,1H3/b6-2-/t14-/m1/s1. The summed E-state index contributed by atoms with van der Waals surface area (Å²) in [5.74, 6) is 0.0141. The fourth-order valence-corrected chi connectivity index (χ4v) is 2.02. The Kier molecular flexibility index (Phi) is 4.71. The van der Waals surface area contributed by atoms with Crippen LogP contribution in [-0.2, 0) is 16.1 Å². The van der Waals surface area contributed by atoms with Crippen LogP contribution < -0.4 is 0 Å². The van der Waals surface area contributed by atoms with Gasteiger partial charge in [0.2, 0.25) is 0 Å². The summed E-state index contributed by atoms with van der Waals surface area (Å²) in [6.07, 6.45) is 6.40. The Balaban J connectivity index is 2.00. The Hall–Kier alpha value is -2.36. The summed E-state index contributed by atoms with van der Waals surface area (Å²) in [6.45, 7) is 2.08. The number of allylic oxidation sites excluding steroid dienone is 2. The second-order valence-corrected chi connectivity index (χ2v) is 4.53. The third-order valence-electron chi connectivity index (χ3n) is 3.02. The Labute approximate surface area is 118 Å². The van der Waals surface area contributed by atoms with Crippen LogP contribution in [0.25, 0.3) is 0 Å². The van der Waals surface area contributed by atoms with Crippen molar-refractivity contribution in [1.29, 1.82) is 0 Å². The number of carbonyl (C=O) groups is 2. The number of hydrogen-bond donors (Lipinski definition) is 0. The van der Waals surface area contributed by atoms with Gasteiger partial charge >= 0.3 is 6.09 Å². The second kappa shape index (κ2) is 6.70. The second-order valence-electron chi connectivity index (χ2n) is 4.53. The van der Waals surface area contributed by atoms with Crippen LogP contribution >= 0.6 is 0 Å². The van der Waals surface area contributed by atoms with E-state index in [9.17, 15) is 9.59 Å². The molecular formula is C16H17NO3. The lowest BCUT2D eigenvalue weighted by Crippen LogP contribution is -2.39. The molecule has 1 aromatic carbocycles. The number of benzene rings is 1. The van der Waals surface area contributed by atoms with E-state index in [4.69, 9.17) is 4.74 Å². The zero-order valence-electron chi connectivity index (χ0n) is 11.4. The lowest BCUT2D eigenvalue weighted by atomic mass is 10.1. The van der Waals surface area contributed by atoms with Gasteiger partial charge in [0.05, 0.1) is 6.04 Å². The van der Waals surface area contributed by atoms with Crippen molar-refractivity contribution in [2.45, 2.75) is 26.0 Å². The molecule has 4 nitrogen and oxygen atoms in total. The maximum atomic E-state index is 12.1. The zero-order chi connectivity index (χ0) is 14.4. The van der Waals surface area contributed by atoms with E-state index in [-0.39, 0.29) is 18.4 Å². The number of ketones is 1. The van der Waals surface area contributed by atoms with Gasteiger partial charge in [-0.15, -0.1) is 0 Å². The maximum Gasteiger partial charge on any atom is 0.414 e. The molecule has 1 aliphatic heterocycles. The van der Waals surface area contributed by atoms with Crippen molar-refractivity contribution in [2.75, 3.05) is 0 Å². The van der Waals surface area contributed by atoms with Crippen molar-refractivity contribution in [3.63, 3.8) is 0 Å². The lowest BCUT2D eigenvalue weighted by Gasteiger charge is -2.27. The van der Waals surface area contributed by atoms with Crippen LogP contribution in [0.2, 0.25) is 0 Å². The van der Waals surface area contributed by atoms with Gasteiger partial charge in [0.25, 0.3) is 0 Å². The fraction of sp³-hybridized carbons (Fsp3) is 0.250. The van der Waals surface area contributed by atoms with Crippen molar-refractivity contribution < 1.29 is 14.3 Å². The Morgan fingerprint density at radius 2 is 2.15 bits per heavy atom. The summed E-state index contributed by atoms with van der Waals surface area (Å²) in [4.78, 5) is 24.9. The summed E-state index contributed by atoms with van der Waals surface area (Å²) >= 11 is 0. The van der Waals surface area contributed by atoms with E-state index in [1.165, 1.54) is 17.2 Å². The topological polar surface area (TPSA) is 46.6 Å². The van der Waals surface area contributed by atoms with E-state index in [1.807, 2.05) is 49.4 Å². The first-order chi connectivity index (χ1) is 9.70. The molecule has 0 saturated carbocycles. The van der Waals surface area contributed by atoms with Crippen molar-refractivity contribution in [2.24, 2.45) is 0 Å². The van der Waals surface area contributed by atoms with Crippen molar-refractivity contribution in [3.05, 3.63) is 60.3 Å². The van der Waals surface area contributed by atoms with E-state index in [1.54, 1.807) is 0 Å². The molecule has 2 rings (SSSR count). The smallest absolute Gasteiger partial charge is 0.414 e. The van der Waals surface area contributed by atoms with E-state index in [0.717, 1.165) is 5.56 Å². The van der Waals surface area contributed by atoms with Gasteiger partial charge in [0.15, 0.2) is 5.78 Å². The molecular weight excluding hydrogens is 254 g/mol. The number of nitrogens with zero attached hydrogens (tertiary/aromatic N) is 1. The average molecular weight is 271 g/mol. The zero-order valence-corrected chi connectivity index (χ0v) is 11.4. The van der Waals surface area contributed by atoms with Gasteiger partial charge in [-0.3, -0.25) is 9.69 Å². The SMILES string of the molecule is C/C=C\[C@@H]1CC(=O)C=CN1C(=O)OCc1ccccc1. The van der Waals surface area contributed by atoms with Crippen LogP contribution in [0, 0.1) is 0 Å². The van der Waals surface area contributed by atoms with Gasteiger partial charge in [-0.25, -0.2) is 4.79 Å². The molecule has 0 bridgehead atoms. The average Bonchev–Trinajstić information content (AvgIpc) is 2.46. The van der Waals surface area contributed by atoms with Crippen LogP contribution in [0.1, 0.15) is 18.9 Å². The van der Waals surface area contributed by atoms with Crippen LogP contribution in [0.4, 0.5) is 4.79 Å². The van der Waals surface area contributed by atoms with Crippen LogP contribution in [-0.4, -0.2) is 22.8 Å². The monoisotopic (exact) mass is 271 g/mol. The summed E-state index contributed by atoms with van der Waals surface area (Å²) in [7, 11) is 0. The molecule has 0 N–H and O–H groups in total. The fourth-order valence-electron chi connectivity index (χ4n) is 2.02. The molecule has 0 fully saturated rings. The number of rotatable bonds is 3. The quantitative estimate of drug-likeness (QED) is 0.794. The van der Waals surface area contributed by atoms with E-state index < -0.39 is 6.09 Å². The maximum absolute atomic E-state index is 12.1. The minimum absolute atomic E-state index is 0.0141. The third-order valence-corrected chi connectivity index (χ3v) is 3.02. The first-order valence-corrected chi connectivity index (χ1v) is 6.53. The molecule has 4 heteroatoms. The van der Waals surface area contributed by atoms with Gasteiger partial charge in [0.1, 0.15) is 6.61 Å². The first kappa shape index (κ1) is 14.1. The molecule has 0 aliphatic carbocycles. The highest BCUT2D eigenvalue weighted by Crippen LogP contribution is 2.16. The van der Waals surface area contributed by atoms with Crippen LogP contribution in [0.5, 0.6) is 0 Å². The summed E-state index contributed by atoms with van der Waals surface area (Å²) in [5, 5.41) is 0. The third kappa shape index (κ3) is 3.57. The number of amides is 1. The molecule has 0 radical (unpaired) electrons. The van der Waals surface area contributed by atoms with Gasteiger partial charge in [0, 0.05) is 12.6 Å². The molecule has 104 valence electrons. The highest BCUT2D eigenvalue weighted by Gasteiger charge is 2.26. The molecule has 1 aliphatic rings. The van der Waals surface area contributed by atoms with Gasteiger partial charge in [-0.05, 0) is 18.6 Å². The number of hydrogen-bond acceptors (Lipinski definition) is 3. The van der Waals surface area contributed by atoms with E-state index >= 15 is 0 Å². The van der Waals surface area contributed by atoms with Crippen molar-refractivity contribution in [1.82, 2.24) is 4.90 Å². The highest BCUT2D eigenvalue weighted by molar-refractivity contribution is 5.92. The molecule has 20 heavy (non-hydrogen) atoms. The van der Waals surface area contributed by atoms with Gasteiger partial charge in [-0.2, -0.15) is 0 Å². The number of carbonyl (C=O) groups excluding carboxylic acids is 2. The molecule has 1 aromatic rings. The van der Waals surface area contributed by atoms with Crippen LogP contribution in [0.3, 0.4) is 0 Å². The molecule has 1 atom stereocenters. The Bertz CT molecular complexity index is 534. The predicted octanol–water partition coefficient (Wildman–Crippen LogP) is 3.06. The largest absolute Gasteiger partial charge is 0.444 e. The molecule has 0 saturated heterocycles. The van der Waals surface area contributed by atoms with Crippen molar-refractivity contribution in [3.8, 4) is 0 Å². The highest BCUT2D eigenvalue weighted by atomic mass is 16.6. The summed E-state index contributed by atoms with van der Waals surface area (Å²) < 4.78 is 5.27. The predicted molar refractivity (Wildman–Crippen MR) is 75.8 cm³/mol. The van der Waals surface area contributed by atoms with E-state index in [0.29, 0.717) is 6.42 Å². The Morgan fingerprint density at radius 3 is 2.85 bits per heavy atom. The molecule has 1 amide bonds. The van der Waals surface area contributed by atoms with E-state index in [2.05, 4.69) is 0 Å². The first-order valence-electron chi connectivity index (χ1n) is 6.53. The van der Waals surface area contributed by atoms with Gasteiger partial charge < -0.3 is 4.74 Å². The normalized spacial score (nSPS) is 18.6. The molecule has 1 heterocycles. The molecule has 0 unspecified atom stereocenters. The lowest BCUT2D eigenvalue weighted by molar-refractivity contribution is -0.115. The molecule has 0 spiro atoms. The van der Waals surface area contributed by atoms with Crippen molar-refractivity contribution >= 4 is 11.9 Å². The molecule has 0 aromatic heterocycles. The summed E-state index contributed by atoms with van der Waals surface area (Å²) in [6, 6.07) is 9.22. The number of ether oxygens (including phenoxy) is 1. The van der Waals surface area contributed by atoms with Gasteiger partial charge in [-0.1, -0.05) is 42.5 Å². The minimum Gasteiger partial charge on any atom is -0.444 e. The summed E-state index contributed by atoms with van der Waals surface area (Å²) in [5.41, 5.74) is 0.931. The Morgan fingerprint density at radius 1 is 1.40 bits per heavy atom. The minimum atomic E-state index is -0.444. The van der Waals surface area contributed by atoms with Crippen LogP contribution in [0.15, 0.2) is 54.8 Å².